The lowest BCUT2D eigenvalue weighted by molar-refractivity contribution is -0.117. The van der Waals surface area contributed by atoms with Gasteiger partial charge in [-0.05, 0) is 55.7 Å². The fraction of sp³-hybridized carbons (Fsp3) is 0.259. The Morgan fingerprint density at radius 2 is 1.58 bits per heavy atom. The number of aryl methyl sites for hydroxylation is 1. The first kappa shape index (κ1) is 22.6. The number of carbonyl (C=O) groups excluding carboxylic acids is 2. The number of hydrogen-bond donors (Lipinski definition) is 2. The van der Waals surface area contributed by atoms with Gasteiger partial charge in [-0.2, -0.15) is 0 Å². The van der Waals surface area contributed by atoms with Crippen LogP contribution in [0, 0.1) is 6.92 Å². The summed E-state index contributed by atoms with van der Waals surface area (Å²) in [7, 11) is 0. The first-order valence-electron chi connectivity index (χ1n) is 11.3. The van der Waals surface area contributed by atoms with E-state index in [2.05, 4.69) is 15.5 Å². The Balaban J connectivity index is 1.26. The van der Waals surface area contributed by atoms with Crippen LogP contribution in [0.1, 0.15) is 28.8 Å². The Morgan fingerprint density at radius 3 is 2.33 bits per heavy atom. The number of para-hydroxylation sites is 3. The van der Waals surface area contributed by atoms with Crippen LogP contribution in [0.3, 0.4) is 0 Å². The molecular weight excluding hydrogens is 414 g/mol. The molecule has 2 amide bonds. The number of amides is 2. The number of ether oxygens (including phenoxy) is 1. The lowest BCUT2D eigenvalue weighted by atomic mass is 10.0. The highest BCUT2D eigenvalue weighted by molar-refractivity contribution is 5.96. The Bertz CT molecular complexity index is 1090. The molecule has 0 unspecified atom stereocenters. The number of piperidine rings is 1. The predicted octanol–water partition coefficient (Wildman–Crippen LogP) is 4.62. The van der Waals surface area contributed by atoms with Crippen LogP contribution in [0.15, 0.2) is 78.9 Å². The van der Waals surface area contributed by atoms with Crippen molar-refractivity contribution in [3.05, 3.63) is 90.0 Å². The van der Waals surface area contributed by atoms with Gasteiger partial charge in [-0.25, -0.2) is 0 Å². The summed E-state index contributed by atoms with van der Waals surface area (Å²) in [5.41, 5.74) is 2.34. The first-order chi connectivity index (χ1) is 16.1. The van der Waals surface area contributed by atoms with Gasteiger partial charge in [0.15, 0.2) is 5.75 Å². The van der Waals surface area contributed by atoms with E-state index in [1.165, 1.54) is 0 Å². The molecule has 3 aromatic rings. The van der Waals surface area contributed by atoms with Gasteiger partial charge in [0.2, 0.25) is 5.91 Å². The molecule has 170 valence electrons. The van der Waals surface area contributed by atoms with Crippen LogP contribution in [0.4, 0.5) is 5.69 Å². The minimum atomic E-state index is -0.0819. The summed E-state index contributed by atoms with van der Waals surface area (Å²) < 4.78 is 5.93. The van der Waals surface area contributed by atoms with Gasteiger partial charge in [0, 0.05) is 24.7 Å². The van der Waals surface area contributed by atoms with E-state index in [-0.39, 0.29) is 17.9 Å². The van der Waals surface area contributed by atoms with Crippen molar-refractivity contribution in [2.45, 2.75) is 25.8 Å². The van der Waals surface area contributed by atoms with Crippen molar-refractivity contribution in [2.75, 3.05) is 25.0 Å². The van der Waals surface area contributed by atoms with Gasteiger partial charge >= 0.3 is 0 Å². The van der Waals surface area contributed by atoms with Crippen LogP contribution >= 0.6 is 0 Å². The molecule has 0 saturated carbocycles. The quantitative estimate of drug-likeness (QED) is 0.559. The number of likely N-dealkylation sites (tertiary alicyclic amines) is 1. The Kier molecular flexibility index (Phi) is 7.37. The summed E-state index contributed by atoms with van der Waals surface area (Å²) >= 11 is 0. The molecule has 0 bridgehead atoms. The summed E-state index contributed by atoms with van der Waals surface area (Å²) in [5, 5.41) is 6.11. The minimum absolute atomic E-state index is 0.0284. The summed E-state index contributed by atoms with van der Waals surface area (Å²) in [4.78, 5) is 27.4. The molecule has 0 atom stereocenters. The largest absolute Gasteiger partial charge is 0.455 e. The highest BCUT2D eigenvalue weighted by Crippen LogP contribution is 2.29. The molecule has 0 aromatic heterocycles. The predicted molar refractivity (Wildman–Crippen MR) is 130 cm³/mol. The van der Waals surface area contributed by atoms with Gasteiger partial charge in [-0.1, -0.05) is 48.5 Å². The standard InChI is InChI=1S/C27H29N3O3/c1-20-9-5-6-12-23(20)27(32)28-21-15-17-30(18-16-21)19-26(31)29-24-13-7-8-14-25(24)33-22-10-3-2-4-11-22/h2-14,21H,15-19H2,1H3,(H,28,32)(H,29,31). The van der Waals surface area contributed by atoms with Crippen molar-refractivity contribution in [1.82, 2.24) is 10.2 Å². The third kappa shape index (κ3) is 6.20. The van der Waals surface area contributed by atoms with Gasteiger partial charge < -0.3 is 15.4 Å². The molecule has 1 fully saturated rings. The van der Waals surface area contributed by atoms with Crippen molar-refractivity contribution < 1.29 is 14.3 Å². The second-order valence-corrected chi connectivity index (χ2v) is 8.30. The zero-order chi connectivity index (χ0) is 23.0. The second kappa shape index (κ2) is 10.8. The topological polar surface area (TPSA) is 70.7 Å². The van der Waals surface area contributed by atoms with E-state index in [0.29, 0.717) is 23.7 Å². The zero-order valence-electron chi connectivity index (χ0n) is 18.8. The van der Waals surface area contributed by atoms with Gasteiger partial charge in [0.25, 0.3) is 5.91 Å². The monoisotopic (exact) mass is 443 g/mol. The van der Waals surface area contributed by atoms with Gasteiger partial charge in [-0.15, -0.1) is 0 Å². The molecule has 1 heterocycles. The molecule has 4 rings (SSSR count). The average Bonchev–Trinajstić information content (AvgIpc) is 2.82. The molecule has 0 radical (unpaired) electrons. The third-order valence-electron chi connectivity index (χ3n) is 5.81. The molecule has 0 spiro atoms. The summed E-state index contributed by atoms with van der Waals surface area (Å²) in [5.74, 6) is 1.21. The molecule has 3 aromatic carbocycles. The Hall–Kier alpha value is -3.64. The minimum Gasteiger partial charge on any atom is -0.455 e. The molecule has 6 nitrogen and oxygen atoms in total. The number of benzene rings is 3. The molecule has 1 aliphatic heterocycles. The van der Waals surface area contributed by atoms with Crippen LogP contribution in [-0.2, 0) is 4.79 Å². The third-order valence-corrected chi connectivity index (χ3v) is 5.81. The highest BCUT2D eigenvalue weighted by atomic mass is 16.5. The van der Waals surface area contributed by atoms with Crippen LogP contribution in [-0.4, -0.2) is 42.4 Å². The molecule has 2 N–H and O–H groups in total. The van der Waals surface area contributed by atoms with Crippen LogP contribution in [0.2, 0.25) is 0 Å². The lowest BCUT2D eigenvalue weighted by Crippen LogP contribution is -2.46. The Labute approximate surface area is 194 Å². The van der Waals surface area contributed by atoms with Crippen molar-refractivity contribution in [2.24, 2.45) is 0 Å². The zero-order valence-corrected chi connectivity index (χ0v) is 18.8. The number of anilines is 1. The summed E-state index contributed by atoms with van der Waals surface area (Å²) in [6.45, 7) is 3.76. The van der Waals surface area contributed by atoms with Crippen molar-refractivity contribution in [3.8, 4) is 11.5 Å². The fourth-order valence-corrected chi connectivity index (χ4v) is 3.99. The van der Waals surface area contributed by atoms with Crippen molar-refractivity contribution in [3.63, 3.8) is 0 Å². The molecule has 0 aliphatic carbocycles. The average molecular weight is 444 g/mol. The van der Waals surface area contributed by atoms with E-state index in [9.17, 15) is 9.59 Å². The number of rotatable bonds is 7. The molecule has 1 saturated heterocycles. The van der Waals surface area contributed by atoms with E-state index < -0.39 is 0 Å². The van der Waals surface area contributed by atoms with E-state index in [1.54, 1.807) is 0 Å². The number of carbonyl (C=O) groups is 2. The normalized spacial score (nSPS) is 14.5. The maximum absolute atomic E-state index is 12.7. The first-order valence-corrected chi connectivity index (χ1v) is 11.3. The summed E-state index contributed by atoms with van der Waals surface area (Å²) in [6.07, 6.45) is 1.64. The lowest BCUT2D eigenvalue weighted by Gasteiger charge is -2.32. The SMILES string of the molecule is Cc1ccccc1C(=O)NC1CCN(CC(=O)Nc2ccccc2Oc2ccccc2)CC1. The molecular formula is C27H29N3O3. The van der Waals surface area contributed by atoms with E-state index in [1.807, 2.05) is 85.8 Å². The number of nitrogens with one attached hydrogen (secondary N) is 2. The second-order valence-electron chi connectivity index (χ2n) is 8.30. The number of nitrogens with zero attached hydrogens (tertiary/aromatic N) is 1. The molecule has 6 heteroatoms. The van der Waals surface area contributed by atoms with E-state index in [4.69, 9.17) is 4.74 Å². The van der Waals surface area contributed by atoms with E-state index >= 15 is 0 Å². The van der Waals surface area contributed by atoms with E-state index in [0.717, 1.165) is 37.1 Å². The van der Waals surface area contributed by atoms with Gasteiger partial charge in [0.05, 0.1) is 12.2 Å². The molecule has 1 aliphatic rings. The Morgan fingerprint density at radius 1 is 0.909 bits per heavy atom. The van der Waals surface area contributed by atoms with Crippen LogP contribution in [0.25, 0.3) is 0 Å². The maximum atomic E-state index is 12.7. The highest BCUT2D eigenvalue weighted by Gasteiger charge is 2.23. The van der Waals surface area contributed by atoms with Gasteiger partial charge in [-0.3, -0.25) is 14.5 Å². The van der Waals surface area contributed by atoms with Crippen LogP contribution in [0.5, 0.6) is 11.5 Å². The van der Waals surface area contributed by atoms with Crippen molar-refractivity contribution in [1.29, 1.82) is 0 Å². The fourth-order valence-electron chi connectivity index (χ4n) is 3.99. The van der Waals surface area contributed by atoms with Crippen molar-refractivity contribution >= 4 is 17.5 Å². The number of hydrogen-bond acceptors (Lipinski definition) is 4. The van der Waals surface area contributed by atoms with Crippen LogP contribution < -0.4 is 15.4 Å². The summed E-state index contributed by atoms with van der Waals surface area (Å²) in [6, 6.07) is 24.6. The van der Waals surface area contributed by atoms with Gasteiger partial charge in [0.1, 0.15) is 5.75 Å². The maximum Gasteiger partial charge on any atom is 0.251 e. The molecule has 33 heavy (non-hydrogen) atoms. The smallest absolute Gasteiger partial charge is 0.251 e.